The molecule has 3 aromatic rings. The van der Waals surface area contributed by atoms with E-state index in [1.807, 2.05) is 0 Å². The Bertz CT molecular complexity index is 871. The lowest BCUT2D eigenvalue weighted by Crippen LogP contribution is -2.06. The Balaban J connectivity index is 1.75. The summed E-state index contributed by atoms with van der Waals surface area (Å²) in [6.07, 6.45) is -4.70. The van der Waals surface area contributed by atoms with Crippen LogP contribution in [0.15, 0.2) is 28.8 Å². The van der Waals surface area contributed by atoms with Crippen molar-refractivity contribution in [2.45, 2.75) is 12.7 Å². The van der Waals surface area contributed by atoms with Crippen molar-refractivity contribution in [3.63, 3.8) is 0 Å². The molecule has 0 fully saturated rings. The highest BCUT2D eigenvalue weighted by molar-refractivity contribution is 5.82. The van der Waals surface area contributed by atoms with Gasteiger partial charge in [0, 0.05) is 5.56 Å². The second-order valence-corrected chi connectivity index (χ2v) is 4.57. The maximum absolute atomic E-state index is 12.4. The van der Waals surface area contributed by atoms with Crippen LogP contribution in [-0.2, 0) is 12.7 Å². The first-order valence-corrected chi connectivity index (χ1v) is 6.34. The molecule has 0 radical (unpaired) electrons. The van der Waals surface area contributed by atoms with E-state index in [4.69, 9.17) is 5.11 Å². The summed E-state index contributed by atoms with van der Waals surface area (Å²) in [6, 6.07) is 6.16. The first kappa shape index (κ1) is 15.6. The van der Waals surface area contributed by atoms with Crippen molar-refractivity contribution in [2.24, 2.45) is 0 Å². The van der Waals surface area contributed by atoms with Crippen LogP contribution in [0.3, 0.4) is 0 Å². The number of aromatic nitrogens is 6. The SMILES string of the molecule is O=C(O)c1nnn(Cc2ccc(-c3noc(C(F)(F)F)n3)cc2)n1. The Morgan fingerprint density at radius 3 is 2.50 bits per heavy atom. The number of alkyl halides is 3. The van der Waals surface area contributed by atoms with Crippen LogP contribution in [-0.4, -0.2) is 41.4 Å². The van der Waals surface area contributed by atoms with E-state index in [0.29, 0.717) is 11.1 Å². The molecule has 0 amide bonds. The lowest BCUT2D eigenvalue weighted by Gasteiger charge is -2.00. The van der Waals surface area contributed by atoms with Crippen molar-refractivity contribution < 1.29 is 27.6 Å². The third-order valence-corrected chi connectivity index (χ3v) is 2.85. The van der Waals surface area contributed by atoms with Gasteiger partial charge < -0.3 is 9.63 Å². The normalized spacial score (nSPS) is 11.6. The molecule has 0 unspecified atom stereocenters. The number of benzene rings is 1. The van der Waals surface area contributed by atoms with Crippen LogP contribution in [0.1, 0.15) is 22.1 Å². The minimum atomic E-state index is -4.70. The molecule has 124 valence electrons. The molecule has 0 spiro atoms. The van der Waals surface area contributed by atoms with Gasteiger partial charge in [0.1, 0.15) is 0 Å². The van der Waals surface area contributed by atoms with Crippen molar-refractivity contribution in [1.82, 2.24) is 30.3 Å². The third-order valence-electron chi connectivity index (χ3n) is 2.85. The van der Waals surface area contributed by atoms with E-state index in [0.717, 1.165) is 4.80 Å². The molecule has 3 rings (SSSR count). The summed E-state index contributed by atoms with van der Waals surface area (Å²) in [7, 11) is 0. The quantitative estimate of drug-likeness (QED) is 0.758. The van der Waals surface area contributed by atoms with Crippen LogP contribution < -0.4 is 0 Å². The van der Waals surface area contributed by atoms with E-state index >= 15 is 0 Å². The highest BCUT2D eigenvalue weighted by atomic mass is 19.4. The number of tetrazole rings is 1. The molecule has 0 aliphatic rings. The second kappa shape index (κ2) is 5.72. The molecule has 0 aliphatic heterocycles. The molecule has 12 heteroatoms. The zero-order chi connectivity index (χ0) is 17.3. The molecule has 0 bridgehead atoms. The molecule has 0 saturated heterocycles. The highest BCUT2D eigenvalue weighted by Gasteiger charge is 2.38. The topological polar surface area (TPSA) is 120 Å². The minimum absolute atomic E-state index is 0.139. The Hall–Kier alpha value is -3.31. The molecular weight excluding hydrogens is 333 g/mol. The van der Waals surface area contributed by atoms with Gasteiger partial charge in [-0.2, -0.15) is 23.0 Å². The van der Waals surface area contributed by atoms with E-state index in [1.165, 1.54) is 12.1 Å². The zero-order valence-corrected chi connectivity index (χ0v) is 11.6. The average Bonchev–Trinajstić information content (AvgIpc) is 3.16. The number of carboxylic acid groups (broad SMARTS) is 1. The Morgan fingerprint density at radius 2 is 1.96 bits per heavy atom. The van der Waals surface area contributed by atoms with E-state index < -0.39 is 23.9 Å². The van der Waals surface area contributed by atoms with Crippen LogP contribution in [0.25, 0.3) is 11.4 Å². The Kier molecular flexibility index (Phi) is 3.71. The minimum Gasteiger partial charge on any atom is -0.475 e. The molecule has 24 heavy (non-hydrogen) atoms. The predicted molar refractivity (Wildman–Crippen MR) is 68.6 cm³/mol. The number of nitrogens with zero attached hydrogens (tertiary/aromatic N) is 6. The van der Waals surface area contributed by atoms with Gasteiger partial charge in [-0.25, -0.2) is 4.79 Å². The summed E-state index contributed by atoms with van der Waals surface area (Å²) < 4.78 is 41.4. The summed E-state index contributed by atoms with van der Waals surface area (Å²) in [4.78, 5) is 15.0. The van der Waals surface area contributed by atoms with Gasteiger partial charge in [-0.05, 0) is 10.8 Å². The molecule has 1 N–H and O–H groups in total. The van der Waals surface area contributed by atoms with Gasteiger partial charge in [-0.15, -0.1) is 10.2 Å². The van der Waals surface area contributed by atoms with Crippen LogP contribution in [0.2, 0.25) is 0 Å². The fourth-order valence-corrected chi connectivity index (χ4v) is 1.77. The Labute approximate surface area is 130 Å². The first-order valence-electron chi connectivity index (χ1n) is 6.34. The molecule has 0 aliphatic carbocycles. The van der Waals surface area contributed by atoms with Crippen molar-refractivity contribution >= 4 is 5.97 Å². The van der Waals surface area contributed by atoms with Gasteiger partial charge >= 0.3 is 18.0 Å². The fourth-order valence-electron chi connectivity index (χ4n) is 1.77. The largest absolute Gasteiger partial charge is 0.475 e. The molecule has 1 aromatic carbocycles. The smallest absolute Gasteiger partial charge is 0.471 e. The predicted octanol–water partition coefficient (Wildman–Crippen LogP) is 1.49. The van der Waals surface area contributed by atoms with Gasteiger partial charge in [0.2, 0.25) is 5.82 Å². The zero-order valence-electron chi connectivity index (χ0n) is 11.6. The number of hydrogen-bond donors (Lipinski definition) is 1. The molecule has 2 heterocycles. The van der Waals surface area contributed by atoms with E-state index in [1.54, 1.807) is 12.1 Å². The van der Waals surface area contributed by atoms with Gasteiger partial charge in [0.15, 0.2) is 0 Å². The standard InChI is InChI=1S/C12H7F3N6O3/c13-12(14,15)11-16-8(19-24-11)7-3-1-6(2-4-7)5-21-18-9(10(22)23)17-20-21/h1-4H,5H2,(H,22,23). The van der Waals surface area contributed by atoms with Gasteiger partial charge in [0.25, 0.3) is 5.82 Å². The molecule has 0 saturated carbocycles. The number of halogens is 3. The van der Waals surface area contributed by atoms with Crippen molar-refractivity contribution in [3.8, 4) is 11.4 Å². The lowest BCUT2D eigenvalue weighted by atomic mass is 10.1. The summed E-state index contributed by atoms with van der Waals surface area (Å²) in [6.45, 7) is 0.139. The van der Waals surface area contributed by atoms with Gasteiger partial charge in [-0.1, -0.05) is 29.4 Å². The third kappa shape index (κ3) is 3.21. The number of carboxylic acids is 1. The summed E-state index contributed by atoms with van der Waals surface area (Å²) in [5, 5.41) is 22.5. The van der Waals surface area contributed by atoms with Gasteiger partial charge in [-0.3, -0.25) is 0 Å². The van der Waals surface area contributed by atoms with E-state index in [2.05, 4.69) is 30.1 Å². The molecular formula is C12H7F3N6O3. The molecule has 2 aromatic heterocycles. The second-order valence-electron chi connectivity index (χ2n) is 4.57. The maximum Gasteiger partial charge on any atom is 0.471 e. The van der Waals surface area contributed by atoms with Crippen LogP contribution in [0.4, 0.5) is 13.2 Å². The average molecular weight is 340 g/mol. The monoisotopic (exact) mass is 340 g/mol. The summed E-state index contributed by atoms with van der Waals surface area (Å²) >= 11 is 0. The number of aromatic carboxylic acids is 1. The molecule has 9 nitrogen and oxygen atoms in total. The highest BCUT2D eigenvalue weighted by Crippen LogP contribution is 2.29. The fraction of sp³-hybridized carbons (Fsp3) is 0.167. The van der Waals surface area contributed by atoms with E-state index in [-0.39, 0.29) is 12.4 Å². The van der Waals surface area contributed by atoms with Crippen molar-refractivity contribution in [1.29, 1.82) is 0 Å². The number of rotatable bonds is 4. The number of carbonyl (C=O) groups is 1. The Morgan fingerprint density at radius 1 is 1.25 bits per heavy atom. The van der Waals surface area contributed by atoms with Crippen LogP contribution >= 0.6 is 0 Å². The van der Waals surface area contributed by atoms with Crippen molar-refractivity contribution in [2.75, 3.05) is 0 Å². The summed E-state index contributed by atoms with van der Waals surface area (Å²) in [5.74, 6) is -3.34. The lowest BCUT2D eigenvalue weighted by molar-refractivity contribution is -0.159. The maximum atomic E-state index is 12.4. The molecule has 0 atom stereocenters. The van der Waals surface area contributed by atoms with Crippen LogP contribution in [0, 0.1) is 0 Å². The first-order chi connectivity index (χ1) is 11.3. The van der Waals surface area contributed by atoms with Crippen LogP contribution in [0.5, 0.6) is 0 Å². The van der Waals surface area contributed by atoms with E-state index in [9.17, 15) is 18.0 Å². The number of hydrogen-bond acceptors (Lipinski definition) is 7. The van der Waals surface area contributed by atoms with Crippen molar-refractivity contribution in [3.05, 3.63) is 41.5 Å². The summed E-state index contributed by atoms with van der Waals surface area (Å²) in [5.41, 5.74) is 1.00. The van der Waals surface area contributed by atoms with Gasteiger partial charge in [0.05, 0.1) is 6.54 Å².